The van der Waals surface area contributed by atoms with Crippen molar-refractivity contribution in [3.05, 3.63) is 30.0 Å². The van der Waals surface area contributed by atoms with Gasteiger partial charge in [-0.25, -0.2) is 0 Å². The van der Waals surface area contributed by atoms with Gasteiger partial charge in [-0.3, -0.25) is 4.68 Å². The molecule has 0 amide bonds. The Hall–Kier alpha value is -1.85. The first-order chi connectivity index (χ1) is 12.4. The van der Waals surface area contributed by atoms with Crippen molar-refractivity contribution in [2.24, 2.45) is 0 Å². The molecule has 0 radical (unpaired) electrons. The molecule has 146 valence electrons. The van der Waals surface area contributed by atoms with E-state index in [1.165, 1.54) is 50.7 Å². The summed E-state index contributed by atoms with van der Waals surface area (Å²) in [4.78, 5) is 0. The van der Waals surface area contributed by atoms with Crippen molar-refractivity contribution < 1.29 is 17.9 Å². The fraction of sp³-hybridized carbons (Fsp3) is 0.600. The molecule has 0 aliphatic rings. The monoisotopic (exact) mass is 370 g/mol. The number of nitrogens with one attached hydrogen (secondary N) is 1. The first-order valence-electron chi connectivity index (χ1n) is 9.58. The standard InChI is InChI=1S/C20H29F3N2O/c1-3-5-6-7-8-9-10-13-24-25-15-16(4-2)18-14-17(11-12-19(18)25)26-20(21,22)23/h11-12,14-15,24H,3-10,13H2,1-2H3. The zero-order valence-corrected chi connectivity index (χ0v) is 15.7. The summed E-state index contributed by atoms with van der Waals surface area (Å²) in [5.41, 5.74) is 5.24. The lowest BCUT2D eigenvalue weighted by Crippen LogP contribution is -2.17. The summed E-state index contributed by atoms with van der Waals surface area (Å²) in [5.74, 6) is -0.176. The summed E-state index contributed by atoms with van der Waals surface area (Å²) >= 11 is 0. The maximum absolute atomic E-state index is 12.4. The normalized spacial score (nSPS) is 11.9. The minimum absolute atomic E-state index is 0.176. The van der Waals surface area contributed by atoms with Gasteiger partial charge in [0.2, 0.25) is 0 Å². The molecule has 1 N–H and O–H groups in total. The molecule has 3 nitrogen and oxygen atoms in total. The summed E-state index contributed by atoms with van der Waals surface area (Å²) in [5, 5.41) is 0.793. The molecule has 2 rings (SSSR count). The number of fused-ring (bicyclic) bond motifs is 1. The van der Waals surface area contributed by atoms with Crippen molar-refractivity contribution in [3.63, 3.8) is 0 Å². The molecular weight excluding hydrogens is 341 g/mol. The number of nitrogens with zero attached hydrogens (tertiary/aromatic N) is 1. The van der Waals surface area contributed by atoms with Gasteiger partial charge in [0.1, 0.15) is 5.75 Å². The minimum Gasteiger partial charge on any atom is -0.406 e. The Kier molecular flexibility index (Phi) is 7.66. The maximum Gasteiger partial charge on any atom is 0.573 e. The number of alkyl halides is 3. The van der Waals surface area contributed by atoms with E-state index in [0.29, 0.717) is 0 Å². The highest BCUT2D eigenvalue weighted by atomic mass is 19.4. The van der Waals surface area contributed by atoms with Gasteiger partial charge in [-0.2, -0.15) is 0 Å². The van der Waals surface area contributed by atoms with Crippen molar-refractivity contribution in [2.75, 3.05) is 12.0 Å². The Bertz CT molecular complexity index is 679. The summed E-state index contributed by atoms with van der Waals surface area (Å²) in [6, 6.07) is 4.50. The molecule has 0 unspecified atom stereocenters. The van der Waals surface area contributed by atoms with Crippen LogP contribution in [0.25, 0.3) is 10.9 Å². The Labute approximate surface area is 153 Å². The fourth-order valence-electron chi connectivity index (χ4n) is 3.17. The first kappa shape index (κ1) is 20.5. The highest BCUT2D eigenvalue weighted by Gasteiger charge is 2.31. The SMILES string of the molecule is CCCCCCCCCNn1cc(CC)c2cc(OC(F)(F)F)ccc21. The van der Waals surface area contributed by atoms with Crippen LogP contribution >= 0.6 is 0 Å². The molecule has 6 heteroatoms. The number of ether oxygens (including phenoxy) is 1. The topological polar surface area (TPSA) is 26.2 Å². The van der Waals surface area contributed by atoms with Crippen molar-refractivity contribution in [2.45, 2.75) is 71.6 Å². The van der Waals surface area contributed by atoms with E-state index >= 15 is 0 Å². The van der Waals surface area contributed by atoms with Gasteiger partial charge >= 0.3 is 6.36 Å². The maximum atomic E-state index is 12.4. The van der Waals surface area contributed by atoms with Gasteiger partial charge in [0.05, 0.1) is 5.52 Å². The average Bonchev–Trinajstić information content (AvgIpc) is 2.93. The molecule has 0 aliphatic heterocycles. The number of halogens is 3. The van der Waals surface area contributed by atoms with E-state index in [1.54, 1.807) is 6.07 Å². The van der Waals surface area contributed by atoms with Gasteiger partial charge in [-0.05, 0) is 36.6 Å². The van der Waals surface area contributed by atoms with Crippen molar-refractivity contribution >= 4 is 10.9 Å². The number of aromatic nitrogens is 1. The number of hydrogen-bond acceptors (Lipinski definition) is 2. The fourth-order valence-corrected chi connectivity index (χ4v) is 3.17. The van der Waals surface area contributed by atoms with Crippen molar-refractivity contribution in [3.8, 4) is 5.75 Å². The smallest absolute Gasteiger partial charge is 0.406 e. The number of rotatable bonds is 11. The molecule has 1 heterocycles. The molecule has 26 heavy (non-hydrogen) atoms. The van der Waals surface area contributed by atoms with Crippen LogP contribution in [0.2, 0.25) is 0 Å². The van der Waals surface area contributed by atoms with Gasteiger partial charge in [0.25, 0.3) is 0 Å². The zero-order chi connectivity index (χ0) is 19.0. The predicted octanol–water partition coefficient (Wildman–Crippen LogP) is 6.40. The first-order valence-corrected chi connectivity index (χ1v) is 9.58. The van der Waals surface area contributed by atoms with Crippen molar-refractivity contribution in [1.29, 1.82) is 0 Å². The highest BCUT2D eigenvalue weighted by Crippen LogP contribution is 2.29. The van der Waals surface area contributed by atoms with Gasteiger partial charge in [-0.1, -0.05) is 52.4 Å². The van der Waals surface area contributed by atoms with E-state index in [2.05, 4.69) is 17.1 Å². The molecule has 2 aromatic rings. The molecule has 0 fully saturated rings. The lowest BCUT2D eigenvalue weighted by molar-refractivity contribution is -0.274. The Morgan fingerprint density at radius 3 is 2.35 bits per heavy atom. The van der Waals surface area contributed by atoms with Crippen molar-refractivity contribution in [1.82, 2.24) is 4.68 Å². The van der Waals surface area contributed by atoms with Gasteiger partial charge < -0.3 is 10.2 Å². The van der Waals surface area contributed by atoms with Crippen LogP contribution < -0.4 is 10.2 Å². The molecule has 0 atom stereocenters. The van der Waals surface area contributed by atoms with Crippen LogP contribution in [0.1, 0.15) is 64.4 Å². The summed E-state index contributed by atoms with van der Waals surface area (Å²) < 4.78 is 43.2. The quantitative estimate of drug-likeness (QED) is 0.463. The Morgan fingerprint density at radius 1 is 1.00 bits per heavy atom. The second-order valence-electron chi connectivity index (χ2n) is 6.63. The second-order valence-corrected chi connectivity index (χ2v) is 6.63. The average molecular weight is 370 g/mol. The molecular formula is C20H29F3N2O. The van der Waals surface area contributed by atoms with E-state index in [9.17, 15) is 13.2 Å². The van der Waals surface area contributed by atoms with E-state index < -0.39 is 6.36 Å². The van der Waals surface area contributed by atoms with Crippen LogP contribution in [-0.4, -0.2) is 17.6 Å². The lowest BCUT2D eigenvalue weighted by Gasteiger charge is -2.11. The summed E-state index contributed by atoms with van der Waals surface area (Å²) in [6.45, 7) is 5.06. The van der Waals surface area contributed by atoms with Crippen LogP contribution in [0.15, 0.2) is 24.4 Å². The third-order valence-electron chi connectivity index (χ3n) is 4.54. The number of benzene rings is 1. The predicted molar refractivity (Wildman–Crippen MR) is 100 cm³/mol. The third-order valence-corrected chi connectivity index (χ3v) is 4.54. The van der Waals surface area contributed by atoms with Crippen LogP contribution in [0.5, 0.6) is 5.75 Å². The summed E-state index contributed by atoms with van der Waals surface area (Å²) in [6.07, 6.45) is 6.76. The second kappa shape index (κ2) is 9.74. The van der Waals surface area contributed by atoms with Gasteiger partial charge in [0, 0.05) is 18.1 Å². The Balaban J connectivity index is 1.93. The van der Waals surface area contributed by atoms with Crippen LogP contribution in [0.4, 0.5) is 13.2 Å². The number of unbranched alkanes of at least 4 members (excludes halogenated alkanes) is 6. The van der Waals surface area contributed by atoms with Gasteiger partial charge in [0.15, 0.2) is 0 Å². The largest absolute Gasteiger partial charge is 0.573 e. The van der Waals surface area contributed by atoms with E-state index in [0.717, 1.165) is 35.9 Å². The number of hydrogen-bond donors (Lipinski definition) is 1. The third kappa shape index (κ3) is 6.15. The van der Waals surface area contributed by atoms with Crippen LogP contribution in [-0.2, 0) is 6.42 Å². The molecule has 0 saturated carbocycles. The molecule has 0 aliphatic carbocycles. The Morgan fingerprint density at radius 2 is 1.69 bits per heavy atom. The molecule has 1 aromatic heterocycles. The van der Waals surface area contributed by atoms with Crippen LogP contribution in [0, 0.1) is 0 Å². The van der Waals surface area contributed by atoms with Crippen LogP contribution in [0.3, 0.4) is 0 Å². The highest BCUT2D eigenvalue weighted by molar-refractivity contribution is 5.85. The minimum atomic E-state index is -4.67. The molecule has 0 bridgehead atoms. The summed E-state index contributed by atoms with van der Waals surface area (Å²) in [7, 11) is 0. The molecule has 0 spiro atoms. The lowest BCUT2D eigenvalue weighted by atomic mass is 10.1. The van der Waals surface area contributed by atoms with E-state index in [-0.39, 0.29) is 5.75 Å². The van der Waals surface area contributed by atoms with E-state index in [1.807, 2.05) is 17.8 Å². The zero-order valence-electron chi connectivity index (χ0n) is 15.7. The van der Waals surface area contributed by atoms with Gasteiger partial charge in [-0.15, -0.1) is 13.2 Å². The molecule has 1 aromatic carbocycles. The van der Waals surface area contributed by atoms with E-state index in [4.69, 9.17) is 0 Å². The number of aryl methyl sites for hydroxylation is 1. The molecule has 0 saturated heterocycles.